The number of benzene rings is 10. The van der Waals surface area contributed by atoms with Crippen molar-refractivity contribution >= 4 is 134 Å². The van der Waals surface area contributed by atoms with Crippen LogP contribution in [-0.2, 0) is 0 Å². The van der Waals surface area contributed by atoms with Gasteiger partial charge in [0.25, 0.3) is 0 Å². The Balaban J connectivity index is 0.970. The summed E-state index contributed by atoms with van der Waals surface area (Å²) >= 11 is 5.29. The molecule has 0 saturated carbocycles. The number of hydrogen-bond donors (Lipinski definition) is 0. The molecule has 2 aliphatic heterocycles. The molecule has 0 fully saturated rings. The molecule has 2 aliphatic rings. The van der Waals surface area contributed by atoms with Crippen LogP contribution in [0.4, 0.5) is 34.1 Å². The Morgan fingerprint density at radius 1 is 0.464 bits per heavy atom. The Bertz CT molecular complexity index is 4340. The summed E-state index contributed by atoms with van der Waals surface area (Å²) in [6.45, 7) is -0.142. The molecular formula is C61H36BN3OS3. The Kier molecular flexibility index (Phi) is 8.23. The van der Waals surface area contributed by atoms with E-state index in [4.69, 9.17) is 11.3 Å². The molecule has 2 aromatic heterocycles. The molecule has 4 nitrogen and oxygen atoms in total. The molecule has 322 valence electrons. The lowest BCUT2D eigenvalue weighted by Gasteiger charge is -2.35. The summed E-state index contributed by atoms with van der Waals surface area (Å²) in [6.07, 6.45) is 0. The molecule has 0 N–H and O–H groups in total. The van der Waals surface area contributed by atoms with E-state index in [2.05, 4.69) is 120 Å². The molecule has 0 aliphatic carbocycles. The number of furan rings is 1. The lowest BCUT2D eigenvalue weighted by molar-refractivity contribution is 0.669. The normalized spacial score (nSPS) is 13.5. The third-order valence-corrected chi connectivity index (χ3v) is 16.7. The van der Waals surface area contributed by atoms with Gasteiger partial charge in [-0.3, -0.25) is 0 Å². The van der Waals surface area contributed by atoms with Crippen molar-refractivity contribution in [2.24, 2.45) is 0 Å². The minimum Gasteiger partial charge on any atom is -0.456 e. The van der Waals surface area contributed by atoms with Crippen LogP contribution in [0.5, 0.6) is 0 Å². The van der Waals surface area contributed by atoms with Crippen LogP contribution in [0.15, 0.2) is 242 Å². The van der Waals surface area contributed by atoms with E-state index in [9.17, 15) is 5.26 Å². The van der Waals surface area contributed by atoms with Crippen molar-refractivity contribution in [1.29, 1.82) is 5.26 Å². The predicted molar refractivity (Wildman–Crippen MR) is 292 cm³/mol. The van der Waals surface area contributed by atoms with E-state index in [1.54, 1.807) is 39.8 Å². The predicted octanol–water partition coefficient (Wildman–Crippen LogP) is 15.9. The average Bonchev–Trinajstić information content (AvgIpc) is 4.02. The highest BCUT2D eigenvalue weighted by molar-refractivity contribution is 8.01. The van der Waals surface area contributed by atoms with Crippen molar-refractivity contribution in [3.05, 3.63) is 224 Å². The van der Waals surface area contributed by atoms with Crippen LogP contribution in [0, 0.1) is 11.3 Å². The average molecular weight is 939 g/mol. The van der Waals surface area contributed by atoms with Crippen LogP contribution in [0.1, 0.15) is 12.4 Å². The maximum Gasteiger partial charge on any atom is 0.247 e. The number of thiophene rings is 1. The molecule has 0 atom stereocenters. The fourth-order valence-corrected chi connectivity index (χ4v) is 13.9. The van der Waals surface area contributed by atoms with Gasteiger partial charge in [0.1, 0.15) is 11.2 Å². The van der Waals surface area contributed by atoms with E-state index in [1.165, 1.54) is 31.1 Å². The maximum absolute atomic E-state index is 9.68. The van der Waals surface area contributed by atoms with Crippen LogP contribution in [-0.4, -0.2) is 6.71 Å². The molecule has 12 aromatic rings. The summed E-state index contributed by atoms with van der Waals surface area (Å²) in [7, 11) is 0. The first-order valence-corrected chi connectivity index (χ1v) is 25.0. The summed E-state index contributed by atoms with van der Waals surface area (Å²) in [4.78, 5) is 8.42. The smallest absolute Gasteiger partial charge is 0.247 e. The van der Waals surface area contributed by atoms with Gasteiger partial charge in [-0.2, -0.15) is 5.26 Å². The van der Waals surface area contributed by atoms with Crippen molar-refractivity contribution in [3.63, 3.8) is 0 Å². The monoisotopic (exact) mass is 938 g/mol. The van der Waals surface area contributed by atoms with Crippen LogP contribution in [0.2, 0.25) is 0 Å². The van der Waals surface area contributed by atoms with Gasteiger partial charge in [-0.05, 0) is 144 Å². The molecule has 8 heteroatoms. The highest BCUT2D eigenvalue weighted by Crippen LogP contribution is 2.47. The molecule has 0 amide bonds. The lowest BCUT2D eigenvalue weighted by atomic mass is 9.36. The number of fused-ring (bicyclic) bond motifs is 11. The fraction of sp³-hybridized carbons (Fsp3) is 0. The number of para-hydroxylation sites is 3. The van der Waals surface area contributed by atoms with E-state index in [-0.39, 0.29) is 24.5 Å². The van der Waals surface area contributed by atoms with Gasteiger partial charge in [0.2, 0.25) is 6.71 Å². The first-order chi connectivity index (χ1) is 36.2. The van der Waals surface area contributed by atoms with Crippen molar-refractivity contribution < 1.29 is 11.3 Å². The summed E-state index contributed by atoms with van der Waals surface area (Å²) in [5, 5.41) is 14.3. The summed E-state index contributed by atoms with van der Waals surface area (Å²) < 4.78 is 53.0. The van der Waals surface area contributed by atoms with Gasteiger partial charge in [0.15, 0.2) is 0 Å². The van der Waals surface area contributed by atoms with E-state index in [0.29, 0.717) is 16.9 Å². The highest BCUT2D eigenvalue weighted by Gasteiger charge is 2.39. The number of rotatable bonds is 7. The standard InChI is InChI=1S/C61H36BN3OS3/c63-37-38-20-23-44(24-21-38)65(43-16-8-3-9-17-43)46-26-28-50-56(36-46)69-58-34-40(39-22-29-51-48(32-39)59-52(66-51)30-31-54-60(59)47-18-10-11-19-53(47)67-54)33-57-61(58)62(50)49-27-25-45(35-55(49)68-57)64(41-12-4-1-5-13-41)42-14-6-2-7-15-42/h1-36H/i1D,4D,5D,12D,13D. The lowest BCUT2D eigenvalue weighted by Crippen LogP contribution is -2.58. The molecule has 10 aromatic carbocycles. The molecule has 0 spiro atoms. The second-order valence-corrected chi connectivity index (χ2v) is 20.4. The molecule has 69 heavy (non-hydrogen) atoms. The molecule has 14 rings (SSSR count). The first kappa shape index (κ1) is 35.3. The van der Waals surface area contributed by atoms with Gasteiger partial charge >= 0.3 is 0 Å². The van der Waals surface area contributed by atoms with Gasteiger partial charge in [-0.15, -0.1) is 11.3 Å². The quantitative estimate of drug-likeness (QED) is 0.148. The minimum absolute atomic E-state index is 0.0833. The third kappa shape index (κ3) is 6.61. The Hall–Kier alpha value is -7.93. The Labute approximate surface area is 418 Å². The second-order valence-electron chi connectivity index (χ2n) is 17.2. The van der Waals surface area contributed by atoms with Gasteiger partial charge < -0.3 is 14.2 Å². The van der Waals surface area contributed by atoms with Crippen LogP contribution in [0.25, 0.3) is 53.2 Å². The van der Waals surface area contributed by atoms with Crippen molar-refractivity contribution in [2.75, 3.05) is 9.80 Å². The molecular weight excluding hydrogens is 898 g/mol. The summed E-state index contributed by atoms with van der Waals surface area (Å²) in [5.41, 5.74) is 12.3. The molecule has 0 saturated heterocycles. The number of nitrogens with zero attached hydrogens (tertiary/aromatic N) is 3. The summed E-state index contributed by atoms with van der Waals surface area (Å²) in [5.74, 6) is 0. The SMILES string of the molecule is [2H]c1c([2H])c([2H])c(N(c2ccccc2)c2ccc3c(c2)Sc2cc(-c4ccc5oc6ccc7sc8ccccc8c7c6c5c4)cc4c2B3c2ccc(N(c3ccccc3)c3ccc(C#N)cc3)cc2S4)c([2H])c1[2H]. The number of hydrogen-bond acceptors (Lipinski definition) is 7. The van der Waals surface area contributed by atoms with E-state index < -0.39 is 18.1 Å². The maximum atomic E-state index is 9.68. The first-order valence-electron chi connectivity index (χ1n) is 25.1. The van der Waals surface area contributed by atoms with Crippen LogP contribution in [0.3, 0.4) is 0 Å². The van der Waals surface area contributed by atoms with Crippen LogP contribution >= 0.6 is 34.9 Å². The van der Waals surface area contributed by atoms with Gasteiger partial charge in [0, 0.05) is 84.7 Å². The van der Waals surface area contributed by atoms with Gasteiger partial charge in [-0.25, -0.2) is 0 Å². The largest absolute Gasteiger partial charge is 0.456 e. The second kappa shape index (κ2) is 16.1. The zero-order valence-electron chi connectivity index (χ0n) is 41.4. The van der Waals surface area contributed by atoms with E-state index >= 15 is 0 Å². The number of nitriles is 1. The molecule has 4 heterocycles. The van der Waals surface area contributed by atoms with Crippen molar-refractivity contribution in [3.8, 4) is 17.2 Å². The molecule has 0 radical (unpaired) electrons. The van der Waals surface area contributed by atoms with Crippen molar-refractivity contribution in [1.82, 2.24) is 0 Å². The zero-order valence-corrected chi connectivity index (χ0v) is 38.9. The molecule has 0 bridgehead atoms. The van der Waals surface area contributed by atoms with E-state index in [1.807, 2.05) is 78.9 Å². The topological polar surface area (TPSA) is 43.4 Å². The zero-order chi connectivity index (χ0) is 49.9. The number of anilines is 6. The Morgan fingerprint density at radius 3 is 1.72 bits per heavy atom. The third-order valence-electron chi connectivity index (χ3n) is 13.3. The van der Waals surface area contributed by atoms with Gasteiger partial charge in [0.05, 0.1) is 18.5 Å². The Morgan fingerprint density at radius 2 is 1.06 bits per heavy atom. The van der Waals surface area contributed by atoms with E-state index in [0.717, 1.165) is 75.2 Å². The fourth-order valence-electron chi connectivity index (χ4n) is 10.2. The summed E-state index contributed by atoms with van der Waals surface area (Å²) in [6, 6.07) is 65.0. The van der Waals surface area contributed by atoms with Crippen molar-refractivity contribution in [2.45, 2.75) is 19.6 Å². The van der Waals surface area contributed by atoms with Crippen LogP contribution < -0.4 is 26.2 Å². The molecule has 0 unspecified atom stereocenters. The highest BCUT2D eigenvalue weighted by atomic mass is 32.2. The van der Waals surface area contributed by atoms with Gasteiger partial charge in [-0.1, -0.05) is 125 Å². The minimum atomic E-state index is -0.435.